The molecule has 0 fully saturated rings. The second-order valence-corrected chi connectivity index (χ2v) is 9.72. The van der Waals surface area contributed by atoms with E-state index < -0.39 is 8.32 Å². The molecule has 0 N–H and O–H groups in total. The van der Waals surface area contributed by atoms with Gasteiger partial charge in [0, 0.05) is 0 Å². The maximum Gasteiger partial charge on any atom is 0.242 e. The number of rotatable bonds is 3. The summed E-state index contributed by atoms with van der Waals surface area (Å²) in [7, 11) is -1.69. The second kappa shape index (κ2) is 4.49. The number of halogens is 1. The number of carbonyl (C=O) groups excluding carboxylic acids is 1. The summed E-state index contributed by atoms with van der Waals surface area (Å²) in [4.78, 5) is 11.0. The van der Waals surface area contributed by atoms with Crippen molar-refractivity contribution < 1.29 is 9.22 Å². The van der Waals surface area contributed by atoms with Crippen LogP contribution in [0.4, 0.5) is 0 Å². The van der Waals surface area contributed by atoms with E-state index in [1.54, 1.807) is 0 Å². The molecule has 1 aromatic rings. The first-order chi connectivity index (χ1) is 6.85. The van der Waals surface area contributed by atoms with Gasteiger partial charge in [0.25, 0.3) is 0 Å². The molecular weight excluding hydrogens is 272 g/mol. The standard InChI is InChI=1S/C11H15BrO2Si/c1-8-5-6-10(12)11(9(8)7-13)14-15(2,3)4/h5-7H,1-4H3. The fourth-order valence-electron chi connectivity index (χ4n) is 1.23. The van der Waals surface area contributed by atoms with Crippen molar-refractivity contribution in [1.29, 1.82) is 0 Å². The molecule has 2 nitrogen and oxygen atoms in total. The third-order valence-electron chi connectivity index (χ3n) is 1.89. The molecule has 0 bridgehead atoms. The van der Waals surface area contributed by atoms with Crippen LogP contribution in [0, 0.1) is 6.92 Å². The lowest BCUT2D eigenvalue weighted by Gasteiger charge is -2.22. The average Bonchev–Trinajstić information content (AvgIpc) is 2.10. The van der Waals surface area contributed by atoms with E-state index in [4.69, 9.17) is 4.43 Å². The topological polar surface area (TPSA) is 26.3 Å². The molecule has 82 valence electrons. The Balaban J connectivity index is 3.25. The summed E-state index contributed by atoms with van der Waals surface area (Å²) >= 11 is 3.41. The van der Waals surface area contributed by atoms with Gasteiger partial charge in [-0.05, 0) is 54.1 Å². The molecule has 0 amide bonds. The van der Waals surface area contributed by atoms with Crippen LogP contribution in [0.3, 0.4) is 0 Å². The second-order valence-electron chi connectivity index (χ2n) is 4.44. The highest BCUT2D eigenvalue weighted by molar-refractivity contribution is 9.10. The van der Waals surface area contributed by atoms with Gasteiger partial charge in [0.05, 0.1) is 10.0 Å². The van der Waals surface area contributed by atoms with Gasteiger partial charge < -0.3 is 4.43 Å². The van der Waals surface area contributed by atoms with Gasteiger partial charge in [-0.1, -0.05) is 6.07 Å². The third kappa shape index (κ3) is 3.17. The van der Waals surface area contributed by atoms with Crippen molar-refractivity contribution in [1.82, 2.24) is 0 Å². The van der Waals surface area contributed by atoms with E-state index >= 15 is 0 Å². The smallest absolute Gasteiger partial charge is 0.242 e. The summed E-state index contributed by atoms with van der Waals surface area (Å²) in [6.07, 6.45) is 0.857. The van der Waals surface area contributed by atoms with Crippen LogP contribution in [0.2, 0.25) is 19.6 Å². The minimum atomic E-state index is -1.69. The Hall–Kier alpha value is -0.613. The number of hydrogen-bond acceptors (Lipinski definition) is 2. The summed E-state index contributed by atoms with van der Waals surface area (Å²) in [6, 6.07) is 3.82. The normalized spacial score (nSPS) is 11.3. The minimum Gasteiger partial charge on any atom is -0.543 e. The zero-order valence-corrected chi connectivity index (χ0v) is 12.0. The molecule has 0 saturated heterocycles. The summed E-state index contributed by atoms with van der Waals surface area (Å²) in [5.41, 5.74) is 1.59. The molecule has 0 saturated carbocycles. The Labute approximate surface area is 99.9 Å². The van der Waals surface area contributed by atoms with Gasteiger partial charge in [-0.25, -0.2) is 0 Å². The van der Waals surface area contributed by atoms with Crippen LogP contribution in [0.1, 0.15) is 15.9 Å². The molecule has 0 aromatic heterocycles. The summed E-state index contributed by atoms with van der Waals surface area (Å²) < 4.78 is 6.74. The molecule has 1 aromatic carbocycles. The predicted molar refractivity (Wildman–Crippen MR) is 68.2 cm³/mol. The van der Waals surface area contributed by atoms with Crippen LogP contribution in [0.15, 0.2) is 16.6 Å². The lowest BCUT2D eigenvalue weighted by Crippen LogP contribution is -2.30. The first kappa shape index (κ1) is 12.5. The van der Waals surface area contributed by atoms with E-state index in [1.807, 2.05) is 19.1 Å². The number of aryl methyl sites for hydroxylation is 1. The molecule has 0 aliphatic heterocycles. The largest absolute Gasteiger partial charge is 0.543 e. The minimum absolute atomic E-state index is 0.645. The van der Waals surface area contributed by atoms with Gasteiger partial charge in [0.2, 0.25) is 8.32 Å². The first-order valence-corrected chi connectivity index (χ1v) is 8.98. The van der Waals surface area contributed by atoms with Gasteiger partial charge >= 0.3 is 0 Å². The van der Waals surface area contributed by atoms with E-state index in [2.05, 4.69) is 35.6 Å². The molecule has 0 radical (unpaired) electrons. The molecule has 0 aliphatic carbocycles. The molecule has 4 heteroatoms. The van der Waals surface area contributed by atoms with Gasteiger partial charge in [-0.15, -0.1) is 0 Å². The quantitative estimate of drug-likeness (QED) is 0.624. The Bertz CT molecular complexity index is 383. The molecule has 0 heterocycles. The zero-order valence-electron chi connectivity index (χ0n) is 9.43. The van der Waals surface area contributed by atoms with Crippen LogP contribution in [0.5, 0.6) is 5.75 Å². The Morgan fingerprint density at radius 3 is 2.40 bits per heavy atom. The van der Waals surface area contributed by atoms with Gasteiger partial charge in [0.1, 0.15) is 5.75 Å². The van der Waals surface area contributed by atoms with Crippen molar-refractivity contribution in [2.75, 3.05) is 0 Å². The van der Waals surface area contributed by atoms with Gasteiger partial charge in [-0.2, -0.15) is 0 Å². The van der Waals surface area contributed by atoms with Crippen molar-refractivity contribution in [2.45, 2.75) is 26.6 Å². The lowest BCUT2D eigenvalue weighted by atomic mass is 10.1. The Kier molecular flexibility index (Phi) is 3.73. The number of carbonyl (C=O) groups is 1. The van der Waals surface area contributed by atoms with Gasteiger partial charge in [-0.3, -0.25) is 4.79 Å². The molecule has 1 rings (SSSR count). The maximum atomic E-state index is 11.0. The van der Waals surface area contributed by atoms with E-state index in [1.165, 1.54) is 0 Å². The van der Waals surface area contributed by atoms with Gasteiger partial charge in [0.15, 0.2) is 6.29 Å². The van der Waals surface area contributed by atoms with E-state index in [9.17, 15) is 4.79 Å². The van der Waals surface area contributed by atoms with Crippen molar-refractivity contribution in [2.24, 2.45) is 0 Å². The van der Waals surface area contributed by atoms with Crippen molar-refractivity contribution in [3.8, 4) is 5.75 Å². The van der Waals surface area contributed by atoms with Crippen molar-refractivity contribution in [3.63, 3.8) is 0 Å². The van der Waals surface area contributed by atoms with Crippen LogP contribution >= 0.6 is 15.9 Å². The molecule has 0 unspecified atom stereocenters. The van der Waals surface area contributed by atoms with Crippen molar-refractivity contribution >= 4 is 30.5 Å². The molecule has 0 atom stereocenters. The highest BCUT2D eigenvalue weighted by Gasteiger charge is 2.20. The molecular formula is C11H15BrO2Si. The summed E-state index contributed by atoms with van der Waals surface area (Å²) in [5, 5.41) is 0. The maximum absolute atomic E-state index is 11.0. The highest BCUT2D eigenvalue weighted by Crippen LogP contribution is 2.32. The number of benzene rings is 1. The summed E-state index contributed by atoms with van der Waals surface area (Å²) in [6.45, 7) is 8.19. The van der Waals surface area contributed by atoms with E-state index in [-0.39, 0.29) is 0 Å². The van der Waals surface area contributed by atoms with E-state index in [0.29, 0.717) is 11.3 Å². The van der Waals surface area contributed by atoms with Crippen LogP contribution in [0.25, 0.3) is 0 Å². The van der Waals surface area contributed by atoms with Crippen LogP contribution < -0.4 is 4.43 Å². The monoisotopic (exact) mass is 286 g/mol. The zero-order chi connectivity index (χ0) is 11.6. The Morgan fingerprint density at radius 2 is 1.93 bits per heavy atom. The Morgan fingerprint density at radius 1 is 1.33 bits per heavy atom. The van der Waals surface area contributed by atoms with Crippen LogP contribution in [-0.2, 0) is 0 Å². The average molecular weight is 287 g/mol. The van der Waals surface area contributed by atoms with E-state index in [0.717, 1.165) is 16.3 Å². The fraction of sp³-hybridized carbons (Fsp3) is 0.364. The molecule has 0 aliphatic rings. The third-order valence-corrected chi connectivity index (χ3v) is 3.33. The SMILES string of the molecule is Cc1ccc(Br)c(O[Si](C)(C)C)c1C=O. The summed E-state index contributed by atoms with van der Waals surface area (Å²) in [5.74, 6) is 0.684. The molecule has 15 heavy (non-hydrogen) atoms. The lowest BCUT2D eigenvalue weighted by molar-refractivity contribution is 0.112. The van der Waals surface area contributed by atoms with Crippen molar-refractivity contribution in [3.05, 3.63) is 27.7 Å². The first-order valence-electron chi connectivity index (χ1n) is 4.78. The highest BCUT2D eigenvalue weighted by atomic mass is 79.9. The number of aldehydes is 1. The predicted octanol–water partition coefficient (Wildman–Crippen LogP) is 3.78. The fourth-order valence-corrected chi connectivity index (χ4v) is 2.64. The molecule has 0 spiro atoms. The number of hydrogen-bond donors (Lipinski definition) is 0. The van der Waals surface area contributed by atoms with Crippen LogP contribution in [-0.4, -0.2) is 14.6 Å².